The second kappa shape index (κ2) is 14.1. The second-order valence-electron chi connectivity index (χ2n) is 19.5. The van der Waals surface area contributed by atoms with E-state index in [1.165, 1.54) is 122 Å². The molecule has 0 bridgehead atoms. The molecule has 7 aromatic rings. The zero-order valence-corrected chi connectivity index (χ0v) is 37.6. The summed E-state index contributed by atoms with van der Waals surface area (Å²) < 4.78 is 0. The average Bonchev–Trinajstić information content (AvgIpc) is 3.26. The molecule has 62 heavy (non-hydrogen) atoms. The Morgan fingerprint density at radius 2 is 1.06 bits per heavy atom. The van der Waals surface area contributed by atoms with Gasteiger partial charge in [-0.15, -0.1) is 0 Å². The third kappa shape index (κ3) is 5.68. The van der Waals surface area contributed by atoms with Crippen LogP contribution in [0.4, 0.5) is 28.4 Å². The number of fused-ring (bicyclic) bond motifs is 5. The van der Waals surface area contributed by atoms with Crippen molar-refractivity contribution in [3.8, 4) is 11.1 Å². The second-order valence-corrected chi connectivity index (χ2v) is 19.5. The van der Waals surface area contributed by atoms with Gasteiger partial charge in [0.1, 0.15) is 0 Å². The van der Waals surface area contributed by atoms with Crippen LogP contribution in [0.5, 0.6) is 0 Å². The molecule has 0 amide bonds. The number of benzene rings is 7. The van der Waals surface area contributed by atoms with Gasteiger partial charge in [0.15, 0.2) is 0 Å². The van der Waals surface area contributed by atoms with Gasteiger partial charge in [0, 0.05) is 33.6 Å². The normalized spacial score (nSPS) is 17.5. The SMILES string of the molecule is CC1=CC(C)=C(c2c3cc(N4C5=C(C=CCC5)C(C)(C)c5ccccc54)ccc3c(-c3ccc(C)cc3C)c3cc(N4c5ccccc5C(C)(C)c5ccccc54)ccc23)CC1. The number of para-hydroxylation sites is 3. The van der Waals surface area contributed by atoms with Gasteiger partial charge < -0.3 is 9.80 Å². The highest BCUT2D eigenvalue weighted by atomic mass is 15.2. The average molecular weight is 805 g/mol. The van der Waals surface area contributed by atoms with Gasteiger partial charge in [-0.05, 0) is 173 Å². The molecule has 4 aliphatic rings. The number of hydrogen-bond donors (Lipinski definition) is 0. The third-order valence-corrected chi connectivity index (χ3v) is 14.8. The molecule has 0 fully saturated rings. The van der Waals surface area contributed by atoms with Gasteiger partial charge >= 0.3 is 0 Å². The van der Waals surface area contributed by atoms with Crippen molar-refractivity contribution in [2.75, 3.05) is 9.80 Å². The maximum Gasteiger partial charge on any atom is 0.0502 e. The molecule has 0 atom stereocenters. The van der Waals surface area contributed by atoms with E-state index in [1.54, 1.807) is 0 Å². The Bertz CT molecular complexity index is 3130. The predicted molar refractivity (Wildman–Crippen MR) is 266 cm³/mol. The van der Waals surface area contributed by atoms with Gasteiger partial charge in [0.2, 0.25) is 0 Å². The molecule has 7 aromatic carbocycles. The summed E-state index contributed by atoms with van der Waals surface area (Å²) in [5.74, 6) is 0. The van der Waals surface area contributed by atoms with Gasteiger partial charge in [0.05, 0.1) is 11.4 Å². The molecule has 0 N–H and O–H groups in total. The molecule has 2 aliphatic carbocycles. The minimum absolute atomic E-state index is 0.0786. The van der Waals surface area contributed by atoms with Crippen LogP contribution in [0.1, 0.15) is 101 Å². The van der Waals surface area contributed by atoms with Crippen molar-refractivity contribution in [3.05, 3.63) is 201 Å². The zero-order chi connectivity index (χ0) is 42.7. The predicted octanol–water partition coefficient (Wildman–Crippen LogP) is 16.9. The molecular weight excluding hydrogens is 749 g/mol. The van der Waals surface area contributed by atoms with Crippen LogP contribution in [0.2, 0.25) is 0 Å². The Morgan fingerprint density at radius 1 is 0.500 bits per heavy atom. The standard InChI is InChI=1S/C60H56N2/c1-37-25-29-43(39(3)33-37)57-45-31-27-42(62-55-23-15-11-19-51(55)60(7,8)52-20-12-16-24-56(52)62)36-48(45)58(44-30-26-38(2)34-40(44)4)46-32-28-41(35-47(46)57)61-53-21-13-9-17-49(53)59(5,6)50-18-10-14-22-54(50)61/h9-15,17-23,25,27-29,31-36H,16,24,26,30H2,1-8H3. The van der Waals surface area contributed by atoms with Crippen LogP contribution in [0.15, 0.2) is 168 Å². The lowest BCUT2D eigenvalue weighted by molar-refractivity contribution is 0.603. The first-order valence-electron chi connectivity index (χ1n) is 22.7. The number of aryl methyl sites for hydroxylation is 2. The lowest BCUT2D eigenvalue weighted by atomic mass is 9.71. The van der Waals surface area contributed by atoms with Crippen LogP contribution in [0.3, 0.4) is 0 Å². The summed E-state index contributed by atoms with van der Waals surface area (Å²) in [6, 6.07) is 49.0. The molecule has 0 spiro atoms. The first-order valence-corrected chi connectivity index (χ1v) is 22.7. The van der Waals surface area contributed by atoms with Crippen molar-refractivity contribution in [2.45, 2.75) is 91.9 Å². The number of nitrogens with zero attached hydrogens (tertiary/aromatic N) is 2. The highest BCUT2D eigenvalue weighted by Crippen LogP contribution is 2.55. The Labute approximate surface area is 368 Å². The van der Waals surface area contributed by atoms with E-state index in [-0.39, 0.29) is 10.8 Å². The van der Waals surface area contributed by atoms with Crippen molar-refractivity contribution in [1.82, 2.24) is 0 Å². The van der Waals surface area contributed by atoms with E-state index in [1.807, 2.05) is 0 Å². The van der Waals surface area contributed by atoms with Crippen LogP contribution in [0.25, 0.3) is 38.2 Å². The number of allylic oxidation sites excluding steroid dienone is 8. The van der Waals surface area contributed by atoms with Crippen molar-refractivity contribution in [3.63, 3.8) is 0 Å². The van der Waals surface area contributed by atoms with E-state index in [0.717, 1.165) is 25.7 Å². The topological polar surface area (TPSA) is 6.48 Å². The van der Waals surface area contributed by atoms with Gasteiger partial charge in [-0.1, -0.05) is 142 Å². The fourth-order valence-electron chi connectivity index (χ4n) is 11.7. The summed E-state index contributed by atoms with van der Waals surface area (Å²) in [5.41, 5.74) is 23.8. The van der Waals surface area contributed by atoms with Gasteiger partial charge in [0.25, 0.3) is 0 Å². The van der Waals surface area contributed by atoms with Crippen LogP contribution < -0.4 is 9.80 Å². The fraction of sp³-hybridized carbons (Fsp3) is 0.233. The van der Waals surface area contributed by atoms with E-state index in [0.29, 0.717) is 0 Å². The molecule has 0 aromatic heterocycles. The number of rotatable bonds is 4. The van der Waals surface area contributed by atoms with Crippen molar-refractivity contribution in [1.29, 1.82) is 0 Å². The molecule has 0 saturated heterocycles. The summed E-state index contributed by atoms with van der Waals surface area (Å²) >= 11 is 0. The molecular formula is C60H56N2. The lowest BCUT2D eigenvalue weighted by Crippen LogP contribution is -2.34. The number of anilines is 5. The van der Waals surface area contributed by atoms with E-state index in [2.05, 4.69) is 211 Å². The monoisotopic (exact) mass is 804 g/mol. The molecule has 306 valence electrons. The quantitative estimate of drug-likeness (QED) is 0.164. The highest BCUT2D eigenvalue weighted by molar-refractivity contribution is 6.21. The summed E-state index contributed by atoms with van der Waals surface area (Å²) in [4.78, 5) is 5.12. The maximum absolute atomic E-state index is 2.60. The van der Waals surface area contributed by atoms with E-state index >= 15 is 0 Å². The van der Waals surface area contributed by atoms with E-state index < -0.39 is 0 Å². The molecule has 2 heteroatoms. The summed E-state index contributed by atoms with van der Waals surface area (Å²) in [5, 5.41) is 5.24. The Hall–Kier alpha value is -6.38. The molecule has 11 rings (SSSR count). The van der Waals surface area contributed by atoms with Crippen molar-refractivity contribution in [2.24, 2.45) is 0 Å². The summed E-state index contributed by atoms with van der Waals surface area (Å²) in [6.07, 6.45) is 11.4. The largest absolute Gasteiger partial charge is 0.314 e. The van der Waals surface area contributed by atoms with Crippen LogP contribution in [-0.4, -0.2) is 0 Å². The number of hydrogen-bond acceptors (Lipinski definition) is 2. The van der Waals surface area contributed by atoms with Crippen LogP contribution >= 0.6 is 0 Å². The van der Waals surface area contributed by atoms with Gasteiger partial charge in [-0.2, -0.15) is 0 Å². The van der Waals surface area contributed by atoms with Crippen LogP contribution in [0, 0.1) is 13.8 Å². The first-order chi connectivity index (χ1) is 29.9. The molecule has 2 aliphatic heterocycles. The fourth-order valence-corrected chi connectivity index (χ4v) is 11.7. The third-order valence-electron chi connectivity index (χ3n) is 14.8. The lowest BCUT2D eigenvalue weighted by Gasteiger charge is -2.44. The Balaban J connectivity index is 1.25. The van der Waals surface area contributed by atoms with Gasteiger partial charge in [-0.25, -0.2) is 0 Å². The van der Waals surface area contributed by atoms with E-state index in [9.17, 15) is 0 Å². The molecule has 0 saturated carbocycles. The Kier molecular flexibility index (Phi) is 8.75. The molecule has 2 nitrogen and oxygen atoms in total. The molecule has 0 radical (unpaired) electrons. The first kappa shape index (κ1) is 38.5. The minimum Gasteiger partial charge on any atom is -0.314 e. The zero-order valence-electron chi connectivity index (χ0n) is 37.6. The molecule has 0 unspecified atom stereocenters. The maximum atomic E-state index is 2.60. The van der Waals surface area contributed by atoms with Crippen molar-refractivity contribution < 1.29 is 0 Å². The van der Waals surface area contributed by atoms with E-state index in [4.69, 9.17) is 0 Å². The summed E-state index contributed by atoms with van der Waals surface area (Å²) in [7, 11) is 0. The van der Waals surface area contributed by atoms with Crippen LogP contribution in [-0.2, 0) is 10.8 Å². The molecule has 2 heterocycles. The highest BCUT2D eigenvalue weighted by Gasteiger charge is 2.39. The van der Waals surface area contributed by atoms with Crippen molar-refractivity contribution >= 4 is 55.6 Å². The van der Waals surface area contributed by atoms with Gasteiger partial charge in [-0.3, -0.25) is 0 Å². The summed E-state index contributed by atoms with van der Waals surface area (Å²) in [6.45, 7) is 18.7. The minimum atomic E-state index is -0.127. The smallest absolute Gasteiger partial charge is 0.0502 e. The Morgan fingerprint density at radius 3 is 1.69 bits per heavy atom.